The number of pyridine rings is 1. The number of aromatic amines is 1. The van der Waals surface area contributed by atoms with E-state index in [1.807, 2.05) is 0 Å². The van der Waals surface area contributed by atoms with Crippen molar-refractivity contribution in [1.82, 2.24) is 30.1 Å². The molecule has 0 saturated heterocycles. The normalized spacial score (nSPS) is 15.8. The van der Waals surface area contributed by atoms with E-state index in [2.05, 4.69) is 86.6 Å². The molecule has 1 aliphatic carbocycles. The summed E-state index contributed by atoms with van der Waals surface area (Å²) >= 11 is 1.74. The zero-order valence-electron chi connectivity index (χ0n) is 20.8. The number of nitrogens with one attached hydrogen (secondary N) is 1. The van der Waals surface area contributed by atoms with Gasteiger partial charge in [0.2, 0.25) is 0 Å². The van der Waals surface area contributed by atoms with E-state index in [0.717, 1.165) is 48.1 Å². The molecular weight excluding hydrogens is 456 g/mol. The van der Waals surface area contributed by atoms with E-state index in [-0.39, 0.29) is 11.6 Å². The smallest absolute Gasteiger partial charge is 0.252 e. The third kappa shape index (κ3) is 5.09. The first-order chi connectivity index (χ1) is 17.0. The fourth-order valence-electron chi connectivity index (χ4n) is 5.35. The number of H-pyrrole nitrogens is 1. The molecule has 1 aliphatic rings. The van der Waals surface area contributed by atoms with Gasteiger partial charge in [-0.05, 0) is 89.7 Å². The van der Waals surface area contributed by atoms with Crippen LogP contribution in [0.25, 0.3) is 10.9 Å². The van der Waals surface area contributed by atoms with Gasteiger partial charge in [0, 0.05) is 29.0 Å². The van der Waals surface area contributed by atoms with Crippen LogP contribution in [0.2, 0.25) is 0 Å². The highest BCUT2D eigenvalue weighted by Crippen LogP contribution is 2.33. The predicted molar refractivity (Wildman–Crippen MR) is 141 cm³/mol. The summed E-state index contributed by atoms with van der Waals surface area (Å²) in [7, 11) is 0. The van der Waals surface area contributed by atoms with E-state index in [1.54, 1.807) is 11.3 Å². The van der Waals surface area contributed by atoms with Gasteiger partial charge in [-0.25, -0.2) is 4.68 Å². The minimum Gasteiger partial charge on any atom is -0.322 e. The van der Waals surface area contributed by atoms with Crippen molar-refractivity contribution in [3.63, 3.8) is 0 Å². The number of thiophene rings is 1. The number of aromatic nitrogens is 5. The van der Waals surface area contributed by atoms with Gasteiger partial charge in [-0.1, -0.05) is 32.3 Å². The van der Waals surface area contributed by atoms with E-state index < -0.39 is 0 Å². The van der Waals surface area contributed by atoms with E-state index in [4.69, 9.17) is 0 Å². The quantitative estimate of drug-likeness (QED) is 0.335. The molecule has 0 radical (unpaired) electrons. The lowest BCUT2D eigenvalue weighted by Crippen LogP contribution is -2.33. The van der Waals surface area contributed by atoms with Crippen molar-refractivity contribution < 1.29 is 0 Å². The van der Waals surface area contributed by atoms with Crippen LogP contribution in [0.4, 0.5) is 0 Å². The lowest BCUT2D eigenvalue weighted by atomic mass is 9.95. The molecule has 1 N–H and O–H groups in total. The molecular formula is C27H34N6OS. The maximum Gasteiger partial charge on any atom is 0.252 e. The fourth-order valence-corrected chi connectivity index (χ4v) is 6.08. The Hall–Kier alpha value is -2.84. The minimum absolute atomic E-state index is 0.0175. The lowest BCUT2D eigenvalue weighted by Gasteiger charge is -2.31. The number of aryl methyl sites for hydroxylation is 2. The van der Waals surface area contributed by atoms with Gasteiger partial charge in [-0.2, -0.15) is 0 Å². The summed E-state index contributed by atoms with van der Waals surface area (Å²) < 4.78 is 2.07. The molecule has 1 fully saturated rings. The first-order valence-electron chi connectivity index (χ1n) is 12.7. The predicted octanol–water partition coefficient (Wildman–Crippen LogP) is 5.85. The highest BCUT2D eigenvalue weighted by molar-refractivity contribution is 7.09. The standard InChI is InChI=1S/C27H34N6OS/c1-4-25(26-29-30-31-33(26)22-9-6-5-7-10-22)32(17-23-11-8-12-35-23)16-21-15-20-13-18(2)19(3)14-24(20)28-27(21)34/h8,11-15,22,25H,4-7,9-10,16-17H2,1-3H3,(H,28,34). The summed E-state index contributed by atoms with van der Waals surface area (Å²) in [6, 6.07) is 10.9. The van der Waals surface area contributed by atoms with E-state index in [0.29, 0.717) is 12.6 Å². The van der Waals surface area contributed by atoms with Crippen LogP contribution in [0, 0.1) is 13.8 Å². The molecule has 184 valence electrons. The first kappa shape index (κ1) is 23.9. The molecule has 8 heteroatoms. The SMILES string of the molecule is CCC(c1nnnn1C1CCCCC1)N(Cc1cccs1)Cc1cc2cc(C)c(C)cc2[nH]c1=O. The Bertz CT molecular complexity index is 1340. The molecule has 0 aliphatic heterocycles. The second-order valence-corrected chi connectivity index (χ2v) is 10.9. The number of hydrogen-bond donors (Lipinski definition) is 1. The monoisotopic (exact) mass is 490 g/mol. The van der Waals surface area contributed by atoms with Gasteiger partial charge < -0.3 is 4.98 Å². The molecule has 1 saturated carbocycles. The van der Waals surface area contributed by atoms with Crippen LogP contribution < -0.4 is 5.56 Å². The summed E-state index contributed by atoms with van der Waals surface area (Å²) in [6.07, 6.45) is 6.86. The number of tetrazole rings is 1. The average molecular weight is 491 g/mol. The number of nitrogens with zero attached hydrogens (tertiary/aromatic N) is 5. The van der Waals surface area contributed by atoms with E-state index in [1.165, 1.54) is 35.3 Å². The van der Waals surface area contributed by atoms with Crippen LogP contribution in [0.5, 0.6) is 0 Å². The highest BCUT2D eigenvalue weighted by atomic mass is 32.1. The molecule has 1 aromatic carbocycles. The first-order valence-corrected chi connectivity index (χ1v) is 13.6. The van der Waals surface area contributed by atoms with Gasteiger partial charge in [-0.3, -0.25) is 9.69 Å². The Labute approximate surface area is 210 Å². The molecule has 7 nitrogen and oxygen atoms in total. The van der Waals surface area contributed by atoms with Crippen LogP contribution in [-0.4, -0.2) is 30.1 Å². The summed E-state index contributed by atoms with van der Waals surface area (Å²) in [5.41, 5.74) is 4.04. The summed E-state index contributed by atoms with van der Waals surface area (Å²) in [6.45, 7) is 7.65. The Morgan fingerprint density at radius 1 is 1.14 bits per heavy atom. The Balaban J connectivity index is 1.52. The van der Waals surface area contributed by atoms with Crippen LogP contribution >= 0.6 is 11.3 Å². The topological polar surface area (TPSA) is 79.7 Å². The van der Waals surface area contributed by atoms with Crippen molar-refractivity contribution in [1.29, 1.82) is 0 Å². The average Bonchev–Trinajstić information content (AvgIpc) is 3.55. The largest absolute Gasteiger partial charge is 0.322 e. The van der Waals surface area contributed by atoms with E-state index >= 15 is 0 Å². The van der Waals surface area contributed by atoms with Crippen LogP contribution in [0.3, 0.4) is 0 Å². The van der Waals surface area contributed by atoms with Gasteiger partial charge >= 0.3 is 0 Å². The summed E-state index contributed by atoms with van der Waals surface area (Å²) in [5.74, 6) is 0.916. The molecule has 0 amide bonds. The molecule has 1 atom stereocenters. The fraction of sp³-hybridized carbons (Fsp3) is 0.481. The van der Waals surface area contributed by atoms with Crippen molar-refractivity contribution in [2.45, 2.75) is 84.5 Å². The third-order valence-corrected chi connectivity index (χ3v) is 8.27. The Morgan fingerprint density at radius 3 is 2.69 bits per heavy atom. The van der Waals surface area contributed by atoms with Crippen molar-refractivity contribution in [2.75, 3.05) is 0 Å². The van der Waals surface area contributed by atoms with Crippen molar-refractivity contribution in [3.05, 3.63) is 73.5 Å². The Kier molecular flexibility index (Phi) is 7.11. The van der Waals surface area contributed by atoms with Crippen LogP contribution in [0.1, 0.15) is 84.9 Å². The van der Waals surface area contributed by atoms with Crippen molar-refractivity contribution in [2.24, 2.45) is 0 Å². The number of hydrogen-bond acceptors (Lipinski definition) is 6. The van der Waals surface area contributed by atoms with Gasteiger partial charge in [0.15, 0.2) is 5.82 Å². The zero-order chi connectivity index (χ0) is 24.4. The molecule has 0 spiro atoms. The number of benzene rings is 1. The number of fused-ring (bicyclic) bond motifs is 1. The van der Waals surface area contributed by atoms with Gasteiger partial charge in [0.1, 0.15) is 0 Å². The van der Waals surface area contributed by atoms with Gasteiger partial charge in [0.05, 0.1) is 12.1 Å². The minimum atomic E-state index is -0.0290. The number of rotatable bonds is 8. The molecule has 3 heterocycles. The second-order valence-electron chi connectivity index (χ2n) is 9.83. The zero-order valence-corrected chi connectivity index (χ0v) is 21.6. The van der Waals surface area contributed by atoms with Crippen LogP contribution in [-0.2, 0) is 13.1 Å². The maximum absolute atomic E-state index is 13.2. The molecule has 35 heavy (non-hydrogen) atoms. The molecule has 4 aromatic rings. The molecule has 5 rings (SSSR count). The lowest BCUT2D eigenvalue weighted by molar-refractivity contribution is 0.157. The summed E-state index contributed by atoms with van der Waals surface area (Å²) in [4.78, 5) is 19.9. The van der Waals surface area contributed by atoms with Gasteiger partial charge in [-0.15, -0.1) is 16.4 Å². The third-order valence-electron chi connectivity index (χ3n) is 7.41. The second kappa shape index (κ2) is 10.4. The van der Waals surface area contributed by atoms with E-state index in [9.17, 15) is 4.79 Å². The molecule has 3 aromatic heterocycles. The van der Waals surface area contributed by atoms with Crippen molar-refractivity contribution in [3.8, 4) is 0 Å². The summed E-state index contributed by atoms with van der Waals surface area (Å²) in [5, 5.41) is 16.2. The van der Waals surface area contributed by atoms with Gasteiger partial charge in [0.25, 0.3) is 5.56 Å². The molecule has 1 unspecified atom stereocenters. The van der Waals surface area contributed by atoms with Crippen molar-refractivity contribution >= 4 is 22.2 Å². The highest BCUT2D eigenvalue weighted by Gasteiger charge is 2.29. The maximum atomic E-state index is 13.2. The van der Waals surface area contributed by atoms with Crippen LogP contribution in [0.15, 0.2) is 40.5 Å². The Morgan fingerprint density at radius 2 is 1.94 bits per heavy atom. The molecule has 0 bridgehead atoms.